The number of H-pyrrole nitrogens is 1. The number of hydrogen-bond donors (Lipinski definition) is 2. The first kappa shape index (κ1) is 16.3. The van der Waals surface area contributed by atoms with E-state index in [9.17, 15) is 4.79 Å². The maximum absolute atomic E-state index is 12.9. The molecule has 3 aromatic carbocycles. The van der Waals surface area contributed by atoms with Gasteiger partial charge in [0.2, 0.25) is 0 Å². The fraction of sp³-hybridized carbons (Fsp3) is 0. The van der Waals surface area contributed by atoms with Crippen molar-refractivity contribution in [2.45, 2.75) is 0 Å². The van der Waals surface area contributed by atoms with Crippen LogP contribution in [0.3, 0.4) is 0 Å². The Morgan fingerprint density at radius 1 is 0.821 bits per heavy atom. The number of carbonyl (C=O) groups is 1. The number of aromatic amines is 1. The van der Waals surface area contributed by atoms with Gasteiger partial charge in [0.15, 0.2) is 0 Å². The van der Waals surface area contributed by atoms with Gasteiger partial charge in [-0.3, -0.25) is 4.79 Å². The minimum atomic E-state index is -0.0963. The second-order valence-electron chi connectivity index (χ2n) is 6.81. The first-order valence-corrected chi connectivity index (χ1v) is 9.25. The van der Waals surface area contributed by atoms with E-state index in [0.717, 1.165) is 33.5 Å². The van der Waals surface area contributed by atoms with Crippen LogP contribution in [0.1, 0.15) is 16.7 Å². The Hall–Kier alpha value is -3.85. The zero-order chi connectivity index (χ0) is 18.9. The van der Waals surface area contributed by atoms with Crippen LogP contribution >= 0.6 is 0 Å². The van der Waals surface area contributed by atoms with Gasteiger partial charge in [-0.05, 0) is 47.1 Å². The molecule has 0 spiro atoms. The number of allylic oxidation sites excluding steroid dienone is 2. The van der Waals surface area contributed by atoms with Crippen molar-refractivity contribution >= 4 is 39.7 Å². The highest BCUT2D eigenvalue weighted by atomic mass is 16.1. The van der Waals surface area contributed by atoms with Crippen molar-refractivity contribution in [3.8, 4) is 0 Å². The number of hydrogen-bond acceptors (Lipinski definition) is 1. The third kappa shape index (κ3) is 2.83. The van der Waals surface area contributed by atoms with Crippen LogP contribution in [-0.2, 0) is 4.79 Å². The lowest BCUT2D eigenvalue weighted by Gasteiger charge is -2.07. The second-order valence-corrected chi connectivity index (χ2v) is 6.81. The Bertz CT molecular complexity index is 1250. The summed E-state index contributed by atoms with van der Waals surface area (Å²) in [4.78, 5) is 16.2. The van der Waals surface area contributed by atoms with Crippen molar-refractivity contribution < 1.29 is 4.79 Å². The summed E-state index contributed by atoms with van der Waals surface area (Å²) in [5.74, 6) is -0.0963. The Morgan fingerprint density at radius 3 is 2.39 bits per heavy atom. The molecule has 0 fully saturated rings. The average molecular weight is 362 g/mol. The van der Waals surface area contributed by atoms with Crippen LogP contribution in [0.2, 0.25) is 0 Å². The summed E-state index contributed by atoms with van der Waals surface area (Å²) in [5.41, 5.74) is 6.77. The smallest absolute Gasteiger partial charge is 0.256 e. The van der Waals surface area contributed by atoms with Crippen LogP contribution < -0.4 is 5.32 Å². The average Bonchev–Trinajstić information content (AvgIpc) is 3.31. The fourth-order valence-electron chi connectivity index (χ4n) is 3.69. The van der Waals surface area contributed by atoms with Crippen molar-refractivity contribution in [2.24, 2.45) is 0 Å². The molecule has 0 saturated heterocycles. The zero-order valence-corrected chi connectivity index (χ0v) is 15.1. The van der Waals surface area contributed by atoms with Gasteiger partial charge >= 0.3 is 0 Å². The first-order valence-electron chi connectivity index (χ1n) is 9.25. The van der Waals surface area contributed by atoms with Gasteiger partial charge in [0, 0.05) is 33.9 Å². The molecule has 0 bridgehead atoms. The molecule has 3 nitrogen and oxygen atoms in total. The van der Waals surface area contributed by atoms with Crippen molar-refractivity contribution in [1.82, 2.24) is 4.98 Å². The van der Waals surface area contributed by atoms with Crippen LogP contribution in [0.4, 0.5) is 5.69 Å². The van der Waals surface area contributed by atoms with E-state index >= 15 is 0 Å². The summed E-state index contributed by atoms with van der Waals surface area (Å²) in [6.45, 7) is 0. The van der Waals surface area contributed by atoms with Crippen LogP contribution in [0, 0.1) is 0 Å². The lowest BCUT2D eigenvalue weighted by molar-refractivity contribution is -0.111. The van der Waals surface area contributed by atoms with Gasteiger partial charge in [0.05, 0.1) is 0 Å². The standard InChI is InChI=1S/C25H18N2O/c28-25(27-19-8-2-1-3-9-19)23-15-17(20-10-4-5-12-22(20)23)14-18-16-26-24-13-7-6-11-21(18)24/h1-16,26H,(H,27,28)/b17-14+. The van der Waals surface area contributed by atoms with Crippen LogP contribution in [0.15, 0.2) is 91.1 Å². The molecule has 5 rings (SSSR count). The summed E-state index contributed by atoms with van der Waals surface area (Å²) in [5, 5.41) is 4.16. The number of benzene rings is 3. The molecule has 1 aromatic heterocycles. The van der Waals surface area contributed by atoms with Gasteiger partial charge in [-0.1, -0.05) is 60.7 Å². The molecular formula is C25H18N2O. The number of rotatable bonds is 3. The molecule has 0 atom stereocenters. The SMILES string of the molecule is O=C(Nc1ccccc1)C1=C/C(=C\c2c[nH]c3ccccc23)c2ccccc21. The van der Waals surface area contributed by atoms with E-state index in [1.54, 1.807) is 0 Å². The highest BCUT2D eigenvalue weighted by Crippen LogP contribution is 2.37. The molecule has 2 N–H and O–H groups in total. The maximum Gasteiger partial charge on any atom is 0.256 e. The van der Waals surface area contributed by atoms with Gasteiger partial charge in [-0.15, -0.1) is 0 Å². The van der Waals surface area contributed by atoms with E-state index < -0.39 is 0 Å². The summed E-state index contributed by atoms with van der Waals surface area (Å²) in [7, 11) is 0. The molecule has 134 valence electrons. The van der Waals surface area contributed by atoms with Gasteiger partial charge < -0.3 is 10.3 Å². The molecule has 4 aromatic rings. The Morgan fingerprint density at radius 2 is 1.54 bits per heavy atom. The molecule has 28 heavy (non-hydrogen) atoms. The predicted octanol–water partition coefficient (Wildman–Crippen LogP) is 5.74. The Balaban J connectivity index is 1.56. The van der Waals surface area contributed by atoms with Crippen LogP contribution in [0.25, 0.3) is 28.1 Å². The van der Waals surface area contributed by atoms with Gasteiger partial charge in [0.25, 0.3) is 5.91 Å². The van der Waals surface area contributed by atoms with Gasteiger partial charge in [-0.2, -0.15) is 0 Å². The number of anilines is 1. The van der Waals surface area contributed by atoms with Crippen LogP contribution in [-0.4, -0.2) is 10.9 Å². The lowest BCUT2D eigenvalue weighted by atomic mass is 10.0. The number of carbonyl (C=O) groups excluding carboxylic acids is 1. The molecular weight excluding hydrogens is 344 g/mol. The van der Waals surface area contributed by atoms with E-state index in [2.05, 4.69) is 34.6 Å². The topological polar surface area (TPSA) is 44.9 Å². The zero-order valence-electron chi connectivity index (χ0n) is 15.1. The minimum absolute atomic E-state index is 0.0963. The van der Waals surface area contributed by atoms with Crippen molar-refractivity contribution in [1.29, 1.82) is 0 Å². The molecule has 0 unspecified atom stereocenters. The molecule has 1 amide bonds. The summed E-state index contributed by atoms with van der Waals surface area (Å²) in [6, 6.07) is 25.8. The number of nitrogens with one attached hydrogen (secondary N) is 2. The van der Waals surface area contributed by atoms with E-state index in [1.807, 2.05) is 72.9 Å². The minimum Gasteiger partial charge on any atom is -0.361 e. The first-order chi connectivity index (χ1) is 13.8. The molecule has 1 aliphatic carbocycles. The lowest BCUT2D eigenvalue weighted by Crippen LogP contribution is -2.12. The highest BCUT2D eigenvalue weighted by Gasteiger charge is 2.23. The second kappa shape index (κ2) is 6.71. The van der Waals surface area contributed by atoms with E-state index in [1.165, 1.54) is 5.39 Å². The van der Waals surface area contributed by atoms with Crippen molar-refractivity contribution in [3.05, 3.63) is 108 Å². The monoisotopic (exact) mass is 362 g/mol. The third-order valence-corrected chi connectivity index (χ3v) is 5.04. The number of amides is 1. The summed E-state index contributed by atoms with van der Waals surface area (Å²) < 4.78 is 0. The molecule has 3 heteroatoms. The number of aromatic nitrogens is 1. The van der Waals surface area contributed by atoms with E-state index in [-0.39, 0.29) is 5.91 Å². The predicted molar refractivity (Wildman–Crippen MR) is 116 cm³/mol. The molecule has 0 aliphatic heterocycles. The Labute approximate surface area is 163 Å². The largest absolute Gasteiger partial charge is 0.361 e. The van der Waals surface area contributed by atoms with E-state index in [0.29, 0.717) is 5.57 Å². The molecule has 0 radical (unpaired) electrons. The van der Waals surface area contributed by atoms with Crippen molar-refractivity contribution in [3.63, 3.8) is 0 Å². The van der Waals surface area contributed by atoms with Crippen molar-refractivity contribution in [2.75, 3.05) is 5.32 Å². The number of para-hydroxylation sites is 2. The summed E-state index contributed by atoms with van der Waals surface area (Å²) >= 11 is 0. The molecule has 0 saturated carbocycles. The molecule has 1 heterocycles. The highest BCUT2D eigenvalue weighted by molar-refractivity contribution is 6.30. The maximum atomic E-state index is 12.9. The van der Waals surface area contributed by atoms with E-state index in [4.69, 9.17) is 0 Å². The number of fused-ring (bicyclic) bond motifs is 2. The normalized spacial score (nSPS) is 14.1. The molecule has 1 aliphatic rings. The van der Waals surface area contributed by atoms with Gasteiger partial charge in [0.1, 0.15) is 0 Å². The quantitative estimate of drug-likeness (QED) is 0.479. The van der Waals surface area contributed by atoms with Crippen LogP contribution in [0.5, 0.6) is 0 Å². The Kier molecular flexibility index (Phi) is 3.91. The summed E-state index contributed by atoms with van der Waals surface area (Å²) in [6.07, 6.45) is 6.13. The fourth-order valence-corrected chi connectivity index (χ4v) is 3.69. The van der Waals surface area contributed by atoms with Gasteiger partial charge in [-0.25, -0.2) is 0 Å². The third-order valence-electron chi connectivity index (χ3n) is 5.04.